The van der Waals surface area contributed by atoms with E-state index in [0.717, 1.165) is 26.1 Å². The summed E-state index contributed by atoms with van der Waals surface area (Å²) >= 11 is 0. The van der Waals surface area contributed by atoms with E-state index < -0.39 is 0 Å². The molecule has 76 valence electrons. The average molecular weight is 184 g/mol. The van der Waals surface area contributed by atoms with Crippen LogP contribution in [0.25, 0.3) is 0 Å². The van der Waals surface area contributed by atoms with Crippen LogP contribution in [0, 0.1) is 0 Å². The van der Waals surface area contributed by atoms with Crippen molar-refractivity contribution in [2.75, 3.05) is 19.6 Å². The first kappa shape index (κ1) is 9.44. The zero-order chi connectivity index (χ0) is 9.10. The van der Waals surface area contributed by atoms with Crippen molar-refractivity contribution in [3.8, 4) is 0 Å². The van der Waals surface area contributed by atoms with Crippen LogP contribution >= 0.6 is 0 Å². The van der Waals surface area contributed by atoms with Crippen molar-refractivity contribution >= 4 is 0 Å². The molecular formula is C10H20N2O. The standard InChI is InChI=1S/C10H20N2O/c13-10-6-2-5-9-12(10)11-7-3-1-4-8-11/h10,13H,1-9H2. The molecule has 1 N–H and O–H groups in total. The van der Waals surface area contributed by atoms with Gasteiger partial charge in [0.1, 0.15) is 6.23 Å². The van der Waals surface area contributed by atoms with Gasteiger partial charge in [0.05, 0.1) is 0 Å². The minimum absolute atomic E-state index is 0.202. The highest BCUT2D eigenvalue weighted by atomic mass is 16.3. The molecule has 2 aliphatic heterocycles. The topological polar surface area (TPSA) is 26.7 Å². The quantitative estimate of drug-likeness (QED) is 0.663. The Kier molecular flexibility index (Phi) is 3.19. The van der Waals surface area contributed by atoms with Gasteiger partial charge in [0, 0.05) is 19.6 Å². The normalized spacial score (nSPS) is 33.5. The van der Waals surface area contributed by atoms with Gasteiger partial charge in [-0.15, -0.1) is 0 Å². The molecule has 2 rings (SSSR count). The van der Waals surface area contributed by atoms with Crippen molar-refractivity contribution in [3.05, 3.63) is 0 Å². The molecule has 1 unspecified atom stereocenters. The molecule has 0 aromatic rings. The Labute approximate surface area is 80.3 Å². The van der Waals surface area contributed by atoms with Gasteiger partial charge in [-0.3, -0.25) is 0 Å². The molecule has 0 aromatic heterocycles. The van der Waals surface area contributed by atoms with Crippen LogP contribution in [0.4, 0.5) is 0 Å². The fourth-order valence-electron chi connectivity index (χ4n) is 2.36. The lowest BCUT2D eigenvalue weighted by molar-refractivity contribution is -0.162. The fraction of sp³-hybridized carbons (Fsp3) is 1.00. The minimum Gasteiger partial charge on any atom is -0.377 e. The van der Waals surface area contributed by atoms with Gasteiger partial charge >= 0.3 is 0 Å². The molecule has 13 heavy (non-hydrogen) atoms. The molecule has 0 radical (unpaired) electrons. The molecule has 2 aliphatic rings. The lowest BCUT2D eigenvalue weighted by Gasteiger charge is -2.42. The third kappa shape index (κ3) is 2.22. The van der Waals surface area contributed by atoms with Crippen LogP contribution in [-0.4, -0.2) is 41.0 Å². The maximum absolute atomic E-state index is 9.81. The number of aliphatic hydroxyl groups excluding tert-OH is 1. The lowest BCUT2D eigenvalue weighted by Crippen LogP contribution is -2.52. The Balaban J connectivity index is 1.88. The van der Waals surface area contributed by atoms with Crippen molar-refractivity contribution in [3.63, 3.8) is 0 Å². The summed E-state index contributed by atoms with van der Waals surface area (Å²) in [6.07, 6.45) is 7.13. The summed E-state index contributed by atoms with van der Waals surface area (Å²) in [6, 6.07) is 0. The molecule has 1 atom stereocenters. The first-order chi connectivity index (χ1) is 6.38. The highest BCUT2D eigenvalue weighted by Gasteiger charge is 2.26. The van der Waals surface area contributed by atoms with E-state index in [0.29, 0.717) is 0 Å². The van der Waals surface area contributed by atoms with E-state index in [1.807, 2.05) is 0 Å². The van der Waals surface area contributed by atoms with E-state index >= 15 is 0 Å². The molecule has 2 saturated heterocycles. The van der Waals surface area contributed by atoms with Crippen LogP contribution in [0.1, 0.15) is 38.5 Å². The lowest BCUT2D eigenvalue weighted by atomic mass is 10.1. The number of nitrogens with zero attached hydrogens (tertiary/aromatic N) is 2. The molecule has 0 spiro atoms. The van der Waals surface area contributed by atoms with Crippen molar-refractivity contribution in [2.24, 2.45) is 0 Å². The van der Waals surface area contributed by atoms with Crippen LogP contribution in [0.5, 0.6) is 0 Å². The second kappa shape index (κ2) is 4.40. The molecule has 0 saturated carbocycles. The van der Waals surface area contributed by atoms with Crippen molar-refractivity contribution in [2.45, 2.75) is 44.8 Å². The van der Waals surface area contributed by atoms with E-state index in [1.165, 1.54) is 32.1 Å². The number of rotatable bonds is 1. The molecule has 3 heteroatoms. The van der Waals surface area contributed by atoms with E-state index in [1.54, 1.807) is 0 Å². The molecule has 0 amide bonds. The second-order valence-corrected chi connectivity index (χ2v) is 4.15. The van der Waals surface area contributed by atoms with Gasteiger partial charge in [0.2, 0.25) is 0 Å². The van der Waals surface area contributed by atoms with Gasteiger partial charge in [-0.25, -0.2) is 10.0 Å². The van der Waals surface area contributed by atoms with Gasteiger partial charge in [-0.1, -0.05) is 6.42 Å². The largest absolute Gasteiger partial charge is 0.377 e. The van der Waals surface area contributed by atoms with Crippen LogP contribution in [-0.2, 0) is 0 Å². The fourth-order valence-corrected chi connectivity index (χ4v) is 2.36. The Morgan fingerprint density at radius 2 is 1.54 bits per heavy atom. The Morgan fingerprint density at radius 3 is 2.23 bits per heavy atom. The van der Waals surface area contributed by atoms with Crippen LogP contribution < -0.4 is 0 Å². The molecule has 3 nitrogen and oxygen atoms in total. The number of piperidine rings is 2. The monoisotopic (exact) mass is 184 g/mol. The first-order valence-electron chi connectivity index (χ1n) is 5.57. The van der Waals surface area contributed by atoms with E-state index in [2.05, 4.69) is 10.0 Å². The number of hydrogen-bond donors (Lipinski definition) is 1. The van der Waals surface area contributed by atoms with Crippen LogP contribution in [0.2, 0.25) is 0 Å². The van der Waals surface area contributed by atoms with Crippen molar-refractivity contribution in [1.29, 1.82) is 0 Å². The third-order valence-electron chi connectivity index (χ3n) is 3.14. The first-order valence-corrected chi connectivity index (χ1v) is 5.57. The highest BCUT2D eigenvalue weighted by Crippen LogP contribution is 2.20. The molecule has 0 bridgehead atoms. The summed E-state index contributed by atoms with van der Waals surface area (Å²) in [5.74, 6) is 0. The van der Waals surface area contributed by atoms with Gasteiger partial charge in [-0.05, 0) is 32.1 Å². The summed E-state index contributed by atoms with van der Waals surface area (Å²) in [5, 5.41) is 14.3. The third-order valence-corrected chi connectivity index (χ3v) is 3.14. The number of aliphatic hydroxyl groups is 1. The van der Waals surface area contributed by atoms with Crippen LogP contribution in [0.15, 0.2) is 0 Å². The van der Waals surface area contributed by atoms with Gasteiger partial charge in [0.15, 0.2) is 0 Å². The molecule has 2 heterocycles. The van der Waals surface area contributed by atoms with E-state index in [-0.39, 0.29) is 6.23 Å². The van der Waals surface area contributed by atoms with Crippen molar-refractivity contribution < 1.29 is 5.11 Å². The molecule has 0 aliphatic carbocycles. The van der Waals surface area contributed by atoms with E-state index in [9.17, 15) is 5.11 Å². The number of hydrazine groups is 1. The van der Waals surface area contributed by atoms with Gasteiger partial charge < -0.3 is 5.11 Å². The Hall–Kier alpha value is -0.120. The molecule has 2 fully saturated rings. The zero-order valence-electron chi connectivity index (χ0n) is 8.28. The predicted molar refractivity (Wildman–Crippen MR) is 52.0 cm³/mol. The Bertz CT molecular complexity index is 157. The smallest absolute Gasteiger partial charge is 0.120 e. The SMILES string of the molecule is OC1CCCCN1N1CCCCC1. The predicted octanol–water partition coefficient (Wildman–Crippen LogP) is 1.19. The zero-order valence-corrected chi connectivity index (χ0v) is 8.28. The molecular weight excluding hydrogens is 164 g/mol. The maximum Gasteiger partial charge on any atom is 0.120 e. The van der Waals surface area contributed by atoms with E-state index in [4.69, 9.17) is 0 Å². The minimum atomic E-state index is -0.202. The van der Waals surface area contributed by atoms with Crippen LogP contribution in [0.3, 0.4) is 0 Å². The maximum atomic E-state index is 9.81. The average Bonchev–Trinajstić information content (AvgIpc) is 2.20. The second-order valence-electron chi connectivity index (χ2n) is 4.15. The summed E-state index contributed by atoms with van der Waals surface area (Å²) in [6.45, 7) is 3.36. The summed E-state index contributed by atoms with van der Waals surface area (Å²) < 4.78 is 0. The number of hydrogen-bond acceptors (Lipinski definition) is 3. The Morgan fingerprint density at radius 1 is 0.846 bits per heavy atom. The van der Waals surface area contributed by atoms with Gasteiger partial charge in [-0.2, -0.15) is 0 Å². The molecule has 0 aromatic carbocycles. The highest BCUT2D eigenvalue weighted by molar-refractivity contribution is 4.70. The summed E-state index contributed by atoms with van der Waals surface area (Å²) in [5.41, 5.74) is 0. The summed E-state index contributed by atoms with van der Waals surface area (Å²) in [7, 11) is 0. The summed E-state index contributed by atoms with van der Waals surface area (Å²) in [4.78, 5) is 0. The van der Waals surface area contributed by atoms with Crippen molar-refractivity contribution in [1.82, 2.24) is 10.0 Å². The van der Waals surface area contributed by atoms with Gasteiger partial charge in [0.25, 0.3) is 0 Å².